The highest BCUT2D eigenvalue weighted by Gasteiger charge is 2.31. The largest absolute Gasteiger partial charge is 0.456 e. The Labute approximate surface area is 129 Å². The molecule has 0 heterocycles. The van der Waals surface area contributed by atoms with Crippen LogP contribution in [-0.4, -0.2) is 38.5 Å². The lowest BCUT2D eigenvalue weighted by atomic mass is 10.1. The van der Waals surface area contributed by atoms with Crippen molar-refractivity contribution in [1.82, 2.24) is 0 Å². The van der Waals surface area contributed by atoms with Crippen molar-refractivity contribution in [3.05, 3.63) is 34.6 Å². The van der Waals surface area contributed by atoms with E-state index in [4.69, 9.17) is 9.47 Å². The van der Waals surface area contributed by atoms with Crippen LogP contribution in [-0.2, 0) is 14.2 Å². The van der Waals surface area contributed by atoms with Crippen LogP contribution in [0.1, 0.15) is 24.2 Å². The first-order valence-corrected chi connectivity index (χ1v) is 6.53. The summed E-state index contributed by atoms with van der Waals surface area (Å²) in [4.78, 5) is 11.6. The van der Waals surface area contributed by atoms with Crippen molar-refractivity contribution in [3.8, 4) is 0 Å². The molecule has 0 fully saturated rings. The van der Waals surface area contributed by atoms with Gasteiger partial charge in [-0.05, 0) is 13.8 Å². The molecule has 0 radical (unpaired) electrons. The number of hydrogen-bond acceptors (Lipinski definition) is 4. The Morgan fingerprint density at radius 2 is 1.35 bits per heavy atom. The van der Waals surface area contributed by atoms with Gasteiger partial charge in [0.2, 0.25) is 5.82 Å². The molecule has 0 aliphatic heterocycles. The first kappa shape index (κ1) is 19.3. The molecular formula is C14H15F5O4. The van der Waals surface area contributed by atoms with Crippen molar-refractivity contribution < 1.29 is 41.0 Å². The van der Waals surface area contributed by atoms with Gasteiger partial charge in [0, 0.05) is 7.11 Å². The Morgan fingerprint density at radius 3 is 1.83 bits per heavy atom. The number of carbonyl (C=O) groups excluding carboxylic acids is 1. The highest BCUT2D eigenvalue weighted by atomic mass is 19.2. The Bertz CT molecular complexity index is 550. The zero-order valence-electron chi connectivity index (χ0n) is 12.6. The van der Waals surface area contributed by atoms with Gasteiger partial charge in [0.15, 0.2) is 23.3 Å². The number of esters is 1. The van der Waals surface area contributed by atoms with Crippen LogP contribution in [0, 0.1) is 29.1 Å². The fraction of sp³-hybridized carbons (Fsp3) is 0.500. The lowest BCUT2D eigenvalue weighted by molar-refractivity contribution is -0.0387. The molecule has 23 heavy (non-hydrogen) atoms. The van der Waals surface area contributed by atoms with E-state index in [2.05, 4.69) is 4.74 Å². The van der Waals surface area contributed by atoms with E-state index in [-0.39, 0.29) is 19.3 Å². The van der Waals surface area contributed by atoms with Crippen molar-refractivity contribution in [3.63, 3.8) is 0 Å². The lowest BCUT2D eigenvalue weighted by Crippen LogP contribution is -2.26. The molecule has 0 N–H and O–H groups in total. The Kier molecular flexibility index (Phi) is 6.89. The van der Waals surface area contributed by atoms with Gasteiger partial charge < -0.3 is 14.2 Å². The molecule has 4 nitrogen and oxygen atoms in total. The fourth-order valence-corrected chi connectivity index (χ4v) is 1.64. The van der Waals surface area contributed by atoms with Gasteiger partial charge in [-0.15, -0.1) is 0 Å². The molecule has 0 aliphatic carbocycles. The quantitative estimate of drug-likeness (QED) is 0.331. The fourth-order valence-electron chi connectivity index (χ4n) is 1.64. The second-order valence-electron chi connectivity index (χ2n) is 4.76. The number of hydrogen-bond donors (Lipinski definition) is 0. The van der Waals surface area contributed by atoms with E-state index < -0.39 is 46.7 Å². The minimum Gasteiger partial charge on any atom is -0.456 e. The number of rotatable bonds is 7. The molecule has 9 heteroatoms. The first-order chi connectivity index (χ1) is 10.7. The zero-order valence-corrected chi connectivity index (χ0v) is 12.6. The summed E-state index contributed by atoms with van der Waals surface area (Å²) >= 11 is 0. The van der Waals surface area contributed by atoms with Crippen molar-refractivity contribution in [2.45, 2.75) is 26.1 Å². The summed E-state index contributed by atoms with van der Waals surface area (Å²) in [5.74, 6) is -12.9. The molecule has 130 valence electrons. The average Bonchev–Trinajstić information content (AvgIpc) is 2.49. The molecule has 1 aromatic carbocycles. The topological polar surface area (TPSA) is 44.8 Å². The standard InChI is InChI=1S/C14H15F5O4/c1-6(4-21-3)22-5-7(2)23-14(20)8-9(15)11(17)13(19)12(18)10(8)16/h6-7H,4-5H2,1-3H3. The number of halogens is 5. The van der Waals surface area contributed by atoms with Crippen LogP contribution >= 0.6 is 0 Å². The molecule has 0 saturated heterocycles. The number of methoxy groups -OCH3 is 1. The Balaban J connectivity index is 2.83. The zero-order chi connectivity index (χ0) is 17.7. The van der Waals surface area contributed by atoms with E-state index in [1.54, 1.807) is 6.92 Å². The minimum absolute atomic E-state index is 0.147. The summed E-state index contributed by atoms with van der Waals surface area (Å²) in [5, 5.41) is 0. The van der Waals surface area contributed by atoms with E-state index in [9.17, 15) is 26.7 Å². The average molecular weight is 342 g/mol. The van der Waals surface area contributed by atoms with Gasteiger partial charge in [0.25, 0.3) is 0 Å². The van der Waals surface area contributed by atoms with Crippen LogP contribution in [0.5, 0.6) is 0 Å². The molecule has 2 unspecified atom stereocenters. The normalized spacial score (nSPS) is 13.7. The third-order valence-corrected chi connectivity index (χ3v) is 2.74. The van der Waals surface area contributed by atoms with Crippen LogP contribution in [0.25, 0.3) is 0 Å². The number of ether oxygens (including phenoxy) is 3. The minimum atomic E-state index is -2.35. The number of benzene rings is 1. The maximum Gasteiger partial charge on any atom is 0.344 e. The smallest absolute Gasteiger partial charge is 0.344 e. The molecule has 0 bridgehead atoms. The van der Waals surface area contributed by atoms with Crippen molar-refractivity contribution >= 4 is 5.97 Å². The second kappa shape index (κ2) is 8.21. The molecule has 1 rings (SSSR count). The molecule has 2 atom stereocenters. The molecule has 0 amide bonds. The maximum atomic E-state index is 13.4. The predicted molar refractivity (Wildman–Crippen MR) is 68.4 cm³/mol. The van der Waals surface area contributed by atoms with E-state index >= 15 is 0 Å². The summed E-state index contributed by atoms with van der Waals surface area (Å²) in [5.41, 5.74) is -1.64. The predicted octanol–water partition coefficient (Wildman–Crippen LogP) is 2.98. The third kappa shape index (κ3) is 4.61. The Morgan fingerprint density at radius 1 is 0.870 bits per heavy atom. The Hall–Kier alpha value is -1.74. The van der Waals surface area contributed by atoms with Crippen molar-refractivity contribution in [2.75, 3.05) is 20.3 Å². The van der Waals surface area contributed by atoms with E-state index in [1.165, 1.54) is 14.0 Å². The molecule has 1 aromatic rings. The van der Waals surface area contributed by atoms with Crippen LogP contribution in [0.3, 0.4) is 0 Å². The molecule has 0 aromatic heterocycles. The SMILES string of the molecule is COCC(C)OCC(C)OC(=O)c1c(F)c(F)c(F)c(F)c1F. The summed E-state index contributed by atoms with van der Waals surface area (Å²) in [7, 11) is 1.45. The first-order valence-electron chi connectivity index (χ1n) is 6.53. The second-order valence-corrected chi connectivity index (χ2v) is 4.76. The van der Waals surface area contributed by atoms with Gasteiger partial charge >= 0.3 is 5.97 Å². The van der Waals surface area contributed by atoms with E-state index in [0.29, 0.717) is 0 Å². The van der Waals surface area contributed by atoms with Gasteiger partial charge in [-0.25, -0.2) is 26.7 Å². The summed E-state index contributed by atoms with van der Waals surface area (Å²) in [6.07, 6.45) is -1.31. The highest BCUT2D eigenvalue weighted by Crippen LogP contribution is 2.24. The summed E-state index contributed by atoms with van der Waals surface area (Å²) in [6, 6.07) is 0. The lowest BCUT2D eigenvalue weighted by Gasteiger charge is -2.17. The third-order valence-electron chi connectivity index (χ3n) is 2.74. The van der Waals surface area contributed by atoms with Gasteiger partial charge in [-0.1, -0.05) is 0 Å². The summed E-state index contributed by atoms with van der Waals surface area (Å²) in [6.45, 7) is 3.12. The van der Waals surface area contributed by atoms with Crippen LogP contribution in [0.15, 0.2) is 0 Å². The maximum absolute atomic E-state index is 13.4. The molecule has 0 saturated carbocycles. The molecular weight excluding hydrogens is 327 g/mol. The van der Waals surface area contributed by atoms with E-state index in [1.807, 2.05) is 0 Å². The van der Waals surface area contributed by atoms with Crippen LogP contribution in [0.4, 0.5) is 22.0 Å². The van der Waals surface area contributed by atoms with Crippen LogP contribution in [0.2, 0.25) is 0 Å². The molecule has 0 spiro atoms. The van der Waals surface area contributed by atoms with Gasteiger partial charge in [-0.2, -0.15) is 0 Å². The summed E-state index contributed by atoms with van der Waals surface area (Å²) < 4.78 is 80.5. The highest BCUT2D eigenvalue weighted by molar-refractivity contribution is 5.90. The monoisotopic (exact) mass is 342 g/mol. The van der Waals surface area contributed by atoms with E-state index in [0.717, 1.165) is 0 Å². The molecule has 0 aliphatic rings. The van der Waals surface area contributed by atoms with Gasteiger partial charge in [0.05, 0.1) is 19.3 Å². The van der Waals surface area contributed by atoms with Crippen molar-refractivity contribution in [1.29, 1.82) is 0 Å². The van der Waals surface area contributed by atoms with Gasteiger partial charge in [-0.3, -0.25) is 0 Å². The van der Waals surface area contributed by atoms with Crippen LogP contribution < -0.4 is 0 Å². The van der Waals surface area contributed by atoms with Crippen molar-refractivity contribution in [2.24, 2.45) is 0 Å². The van der Waals surface area contributed by atoms with Gasteiger partial charge in [0.1, 0.15) is 11.7 Å². The number of carbonyl (C=O) groups is 1.